The fourth-order valence-corrected chi connectivity index (χ4v) is 3.24. The molecule has 6 heteroatoms. The number of ether oxygens (including phenoxy) is 1. The van der Waals surface area contributed by atoms with Crippen molar-refractivity contribution >= 4 is 16.8 Å². The Kier molecular flexibility index (Phi) is 4.57. The van der Waals surface area contributed by atoms with E-state index < -0.39 is 0 Å². The van der Waals surface area contributed by atoms with Crippen LogP contribution in [-0.2, 0) is 11.3 Å². The van der Waals surface area contributed by atoms with Crippen LogP contribution in [0.1, 0.15) is 18.9 Å². The maximum atomic E-state index is 12.4. The highest BCUT2D eigenvalue weighted by Gasteiger charge is 2.27. The number of carbonyl (C=O) groups excluding carboxylic acids is 1. The normalized spacial score (nSPS) is 18.0. The van der Waals surface area contributed by atoms with Crippen molar-refractivity contribution in [1.82, 2.24) is 14.8 Å². The van der Waals surface area contributed by atoms with Crippen LogP contribution in [0, 0.1) is 0 Å². The molecule has 2 heterocycles. The van der Waals surface area contributed by atoms with Gasteiger partial charge in [0.1, 0.15) is 5.75 Å². The Balaban J connectivity index is 1.77. The Labute approximate surface area is 141 Å². The molecule has 1 atom stereocenters. The van der Waals surface area contributed by atoms with Crippen molar-refractivity contribution in [2.24, 2.45) is 0 Å². The highest BCUT2D eigenvalue weighted by molar-refractivity contribution is 5.80. The van der Waals surface area contributed by atoms with E-state index in [-0.39, 0.29) is 17.5 Å². The number of hydrogen-bond acceptors (Lipinski definition) is 4. The number of pyridine rings is 1. The van der Waals surface area contributed by atoms with Crippen molar-refractivity contribution in [1.29, 1.82) is 0 Å². The van der Waals surface area contributed by atoms with Gasteiger partial charge in [-0.05, 0) is 30.0 Å². The van der Waals surface area contributed by atoms with E-state index in [2.05, 4.69) is 9.88 Å². The fraction of sp³-hybridized carbons (Fsp3) is 0.444. The number of H-pyrrole nitrogens is 1. The molecule has 1 N–H and O–H groups in total. The van der Waals surface area contributed by atoms with Crippen molar-refractivity contribution in [2.45, 2.75) is 25.9 Å². The van der Waals surface area contributed by atoms with Crippen LogP contribution in [0.3, 0.4) is 0 Å². The van der Waals surface area contributed by atoms with E-state index in [1.165, 1.54) is 0 Å². The summed E-state index contributed by atoms with van der Waals surface area (Å²) in [6.07, 6.45) is 0.943. The first-order chi connectivity index (χ1) is 11.5. The predicted molar refractivity (Wildman–Crippen MR) is 93.2 cm³/mol. The van der Waals surface area contributed by atoms with Gasteiger partial charge in [-0.15, -0.1) is 0 Å². The zero-order chi connectivity index (χ0) is 17.3. The molecule has 1 aromatic carbocycles. The number of carbonyl (C=O) groups is 1. The van der Waals surface area contributed by atoms with E-state index in [0.717, 1.165) is 41.7 Å². The molecule has 128 valence electrons. The van der Waals surface area contributed by atoms with Gasteiger partial charge in [0.05, 0.1) is 12.6 Å². The standard InChI is InChI=1S/C18H23N3O3/c1-12(22)20(2)15-6-7-21(11-15)10-14-8-13-4-5-16(24-3)9-17(13)19-18(14)23/h4-5,8-9,15H,6-7,10-11H2,1-3H3,(H,19,23). The van der Waals surface area contributed by atoms with Gasteiger partial charge in [0.15, 0.2) is 0 Å². The molecule has 0 bridgehead atoms. The molecule has 0 aliphatic carbocycles. The lowest BCUT2D eigenvalue weighted by atomic mass is 10.1. The lowest BCUT2D eigenvalue weighted by Crippen LogP contribution is -2.37. The Morgan fingerprint density at radius 2 is 2.21 bits per heavy atom. The first-order valence-corrected chi connectivity index (χ1v) is 8.13. The smallest absolute Gasteiger partial charge is 0.252 e. The fourth-order valence-electron chi connectivity index (χ4n) is 3.24. The SMILES string of the molecule is COc1ccc2cc(CN3CCC(N(C)C(C)=O)C3)c(=O)[nH]c2c1. The van der Waals surface area contributed by atoms with Crippen LogP contribution in [0.4, 0.5) is 0 Å². The first-order valence-electron chi connectivity index (χ1n) is 8.13. The molecular weight excluding hydrogens is 306 g/mol. The average molecular weight is 329 g/mol. The predicted octanol–water partition coefficient (Wildman–Crippen LogP) is 1.59. The van der Waals surface area contributed by atoms with Crippen molar-refractivity contribution < 1.29 is 9.53 Å². The second-order valence-electron chi connectivity index (χ2n) is 6.38. The summed E-state index contributed by atoms with van der Waals surface area (Å²) in [6.45, 7) is 3.88. The molecule has 0 spiro atoms. The van der Waals surface area contributed by atoms with E-state index in [1.54, 1.807) is 18.9 Å². The molecular formula is C18H23N3O3. The summed E-state index contributed by atoms with van der Waals surface area (Å²) in [5.41, 5.74) is 1.46. The van der Waals surface area contributed by atoms with E-state index in [0.29, 0.717) is 6.54 Å². The second kappa shape index (κ2) is 6.65. The number of hydrogen-bond donors (Lipinski definition) is 1. The van der Waals surface area contributed by atoms with E-state index in [1.807, 2.05) is 31.3 Å². The van der Waals surface area contributed by atoms with Crippen molar-refractivity contribution in [3.05, 3.63) is 40.2 Å². The molecule has 1 unspecified atom stereocenters. The van der Waals surface area contributed by atoms with Crippen LogP contribution < -0.4 is 10.3 Å². The summed E-state index contributed by atoms with van der Waals surface area (Å²) in [7, 11) is 3.45. The molecule has 1 saturated heterocycles. The van der Waals surface area contributed by atoms with Gasteiger partial charge in [-0.25, -0.2) is 0 Å². The van der Waals surface area contributed by atoms with Gasteiger partial charge in [-0.1, -0.05) is 0 Å². The molecule has 2 aromatic rings. The highest BCUT2D eigenvalue weighted by Crippen LogP contribution is 2.20. The van der Waals surface area contributed by atoms with Gasteiger partial charge in [0.2, 0.25) is 5.91 Å². The molecule has 1 aliphatic rings. The van der Waals surface area contributed by atoms with Gasteiger partial charge < -0.3 is 14.6 Å². The number of likely N-dealkylation sites (tertiary alicyclic amines) is 1. The zero-order valence-electron chi connectivity index (χ0n) is 14.3. The van der Waals surface area contributed by atoms with E-state index in [9.17, 15) is 9.59 Å². The van der Waals surface area contributed by atoms with Crippen molar-refractivity contribution in [3.63, 3.8) is 0 Å². The average Bonchev–Trinajstić information content (AvgIpc) is 3.02. The molecule has 0 saturated carbocycles. The largest absolute Gasteiger partial charge is 0.497 e. The molecule has 1 fully saturated rings. The summed E-state index contributed by atoms with van der Waals surface area (Å²) >= 11 is 0. The van der Waals surface area contributed by atoms with Crippen LogP contribution in [-0.4, -0.2) is 54.0 Å². The lowest BCUT2D eigenvalue weighted by molar-refractivity contribution is -0.129. The van der Waals surface area contributed by atoms with Crippen molar-refractivity contribution in [3.8, 4) is 5.75 Å². The number of fused-ring (bicyclic) bond motifs is 1. The number of likely N-dealkylation sites (N-methyl/N-ethyl adjacent to an activating group) is 1. The van der Waals surface area contributed by atoms with Gasteiger partial charge in [0.25, 0.3) is 5.56 Å². The highest BCUT2D eigenvalue weighted by atomic mass is 16.5. The van der Waals surface area contributed by atoms with E-state index in [4.69, 9.17) is 4.74 Å². The minimum atomic E-state index is -0.0703. The second-order valence-corrected chi connectivity index (χ2v) is 6.38. The van der Waals surface area contributed by atoms with Crippen LogP contribution >= 0.6 is 0 Å². The number of aromatic amines is 1. The Morgan fingerprint density at radius 1 is 1.42 bits per heavy atom. The summed E-state index contributed by atoms with van der Waals surface area (Å²) in [6, 6.07) is 7.83. The van der Waals surface area contributed by atoms with Crippen LogP contribution in [0.5, 0.6) is 5.75 Å². The Bertz CT molecular complexity index is 815. The summed E-state index contributed by atoms with van der Waals surface area (Å²) in [5.74, 6) is 0.805. The molecule has 3 rings (SSSR count). The number of nitrogens with zero attached hydrogens (tertiary/aromatic N) is 2. The quantitative estimate of drug-likeness (QED) is 0.925. The number of amides is 1. The minimum Gasteiger partial charge on any atom is -0.497 e. The van der Waals surface area contributed by atoms with Crippen molar-refractivity contribution in [2.75, 3.05) is 27.2 Å². The third-order valence-corrected chi connectivity index (χ3v) is 4.82. The minimum absolute atomic E-state index is 0.0703. The molecule has 1 aromatic heterocycles. The summed E-state index contributed by atoms with van der Waals surface area (Å²) in [5, 5.41) is 0.988. The third-order valence-electron chi connectivity index (χ3n) is 4.82. The lowest BCUT2D eigenvalue weighted by Gasteiger charge is -2.23. The molecule has 1 aliphatic heterocycles. The Morgan fingerprint density at radius 3 is 2.92 bits per heavy atom. The summed E-state index contributed by atoms with van der Waals surface area (Å²) < 4.78 is 5.19. The van der Waals surface area contributed by atoms with Gasteiger partial charge in [-0.2, -0.15) is 0 Å². The number of benzene rings is 1. The van der Waals surface area contributed by atoms with E-state index >= 15 is 0 Å². The van der Waals surface area contributed by atoms with Gasteiger partial charge >= 0.3 is 0 Å². The maximum Gasteiger partial charge on any atom is 0.252 e. The van der Waals surface area contributed by atoms with Crippen LogP contribution in [0.15, 0.2) is 29.1 Å². The third kappa shape index (κ3) is 3.28. The van der Waals surface area contributed by atoms with Crippen LogP contribution in [0.25, 0.3) is 10.9 Å². The number of methoxy groups -OCH3 is 1. The number of nitrogens with one attached hydrogen (secondary N) is 1. The van der Waals surface area contributed by atoms with Gasteiger partial charge in [0, 0.05) is 51.3 Å². The molecule has 0 radical (unpaired) electrons. The number of rotatable bonds is 4. The van der Waals surface area contributed by atoms with Crippen LogP contribution in [0.2, 0.25) is 0 Å². The first kappa shape index (κ1) is 16.5. The molecule has 6 nitrogen and oxygen atoms in total. The topological polar surface area (TPSA) is 65.6 Å². The maximum absolute atomic E-state index is 12.4. The summed E-state index contributed by atoms with van der Waals surface area (Å²) in [4.78, 5) is 30.8. The monoisotopic (exact) mass is 329 g/mol. The molecule has 1 amide bonds. The van der Waals surface area contributed by atoms with Gasteiger partial charge in [-0.3, -0.25) is 14.5 Å². The number of aromatic nitrogens is 1. The Hall–Kier alpha value is -2.34. The molecule has 24 heavy (non-hydrogen) atoms. The zero-order valence-corrected chi connectivity index (χ0v) is 14.3.